The summed E-state index contributed by atoms with van der Waals surface area (Å²) in [4.78, 5) is 4.43. The molecule has 0 saturated carbocycles. The van der Waals surface area contributed by atoms with Crippen LogP contribution < -0.4 is 10.1 Å². The van der Waals surface area contributed by atoms with Crippen molar-refractivity contribution in [3.8, 4) is 11.5 Å². The van der Waals surface area contributed by atoms with Crippen LogP contribution >= 0.6 is 23.2 Å². The number of ether oxygens (including phenoxy) is 1. The van der Waals surface area contributed by atoms with Crippen LogP contribution in [0.15, 0.2) is 42.5 Å². The van der Waals surface area contributed by atoms with Crippen molar-refractivity contribution in [2.24, 2.45) is 0 Å². The fraction of sp³-hybridized carbons (Fsp3) is 0.167. The van der Waals surface area contributed by atoms with E-state index < -0.39 is 0 Å². The molecule has 0 fully saturated rings. The van der Waals surface area contributed by atoms with Crippen molar-refractivity contribution >= 4 is 39.8 Å². The number of rotatable bonds is 5. The van der Waals surface area contributed by atoms with Crippen LogP contribution in [0, 0.1) is 6.92 Å². The Morgan fingerprint density at radius 1 is 1.08 bits per heavy atom. The van der Waals surface area contributed by atoms with Gasteiger partial charge in [0, 0.05) is 35.4 Å². The van der Waals surface area contributed by atoms with Crippen LogP contribution in [-0.4, -0.2) is 23.2 Å². The number of aromatic nitrogens is 1. The lowest BCUT2D eigenvalue weighted by molar-refractivity contribution is 0.333. The molecule has 1 heterocycles. The highest BCUT2D eigenvalue weighted by molar-refractivity contribution is 6.42. The van der Waals surface area contributed by atoms with E-state index in [0.29, 0.717) is 28.9 Å². The van der Waals surface area contributed by atoms with E-state index in [1.54, 1.807) is 30.3 Å². The number of halogens is 2. The Balaban J connectivity index is 1.66. The first-order valence-electron chi connectivity index (χ1n) is 7.45. The molecule has 0 atom stereocenters. The summed E-state index contributed by atoms with van der Waals surface area (Å²) in [6, 6.07) is 12.3. The molecule has 124 valence electrons. The van der Waals surface area contributed by atoms with Gasteiger partial charge in [0.15, 0.2) is 0 Å². The average Bonchev–Trinajstić information content (AvgIpc) is 2.54. The Bertz CT molecular complexity index is 879. The van der Waals surface area contributed by atoms with Crippen LogP contribution in [-0.2, 0) is 0 Å². The molecule has 0 saturated heterocycles. The third kappa shape index (κ3) is 3.83. The number of hydrogen-bond donors (Lipinski definition) is 2. The van der Waals surface area contributed by atoms with Crippen molar-refractivity contribution in [1.29, 1.82) is 0 Å². The van der Waals surface area contributed by atoms with Gasteiger partial charge in [0.2, 0.25) is 0 Å². The molecule has 0 aliphatic heterocycles. The summed E-state index contributed by atoms with van der Waals surface area (Å²) in [5.74, 6) is 0.876. The minimum Gasteiger partial charge on any atom is -0.508 e. The zero-order valence-corrected chi connectivity index (χ0v) is 14.5. The third-order valence-corrected chi connectivity index (χ3v) is 4.24. The maximum Gasteiger partial charge on any atom is 0.120 e. The van der Waals surface area contributed by atoms with Gasteiger partial charge in [0.25, 0.3) is 0 Å². The number of nitrogens with one attached hydrogen (secondary N) is 1. The average molecular weight is 363 g/mol. The molecule has 0 unspecified atom stereocenters. The van der Waals surface area contributed by atoms with Crippen LogP contribution in [0.2, 0.25) is 10.0 Å². The highest BCUT2D eigenvalue weighted by Crippen LogP contribution is 2.27. The summed E-state index contributed by atoms with van der Waals surface area (Å²) in [6.07, 6.45) is 0. The van der Waals surface area contributed by atoms with Crippen molar-refractivity contribution in [3.05, 3.63) is 58.2 Å². The zero-order chi connectivity index (χ0) is 17.1. The highest BCUT2D eigenvalue weighted by atomic mass is 35.5. The van der Waals surface area contributed by atoms with Crippen molar-refractivity contribution in [1.82, 2.24) is 4.98 Å². The maximum absolute atomic E-state index is 9.59. The number of aryl methyl sites for hydroxylation is 1. The fourth-order valence-corrected chi connectivity index (χ4v) is 2.70. The van der Waals surface area contributed by atoms with E-state index in [1.165, 1.54) is 0 Å². The summed E-state index contributed by atoms with van der Waals surface area (Å²) in [6.45, 7) is 3.00. The number of fused-ring (bicyclic) bond motifs is 1. The normalized spacial score (nSPS) is 10.8. The summed E-state index contributed by atoms with van der Waals surface area (Å²) < 4.78 is 5.66. The number of benzene rings is 2. The lowest BCUT2D eigenvalue weighted by Crippen LogP contribution is -2.12. The van der Waals surface area contributed by atoms with E-state index in [-0.39, 0.29) is 5.75 Å². The molecule has 1 aromatic heterocycles. The Labute approximate surface area is 150 Å². The molecule has 0 bridgehead atoms. The monoisotopic (exact) mass is 362 g/mol. The van der Waals surface area contributed by atoms with Gasteiger partial charge >= 0.3 is 0 Å². The molecule has 2 N–H and O–H groups in total. The molecular formula is C18H16Cl2N2O2. The molecule has 0 amide bonds. The van der Waals surface area contributed by atoms with Crippen LogP contribution in [0.1, 0.15) is 5.69 Å². The molecule has 0 spiro atoms. The molecule has 6 heteroatoms. The minimum atomic E-state index is 0.203. The van der Waals surface area contributed by atoms with Crippen molar-refractivity contribution < 1.29 is 9.84 Å². The van der Waals surface area contributed by atoms with Crippen LogP contribution in [0.3, 0.4) is 0 Å². The van der Waals surface area contributed by atoms with E-state index in [0.717, 1.165) is 22.3 Å². The first-order chi connectivity index (χ1) is 11.5. The Kier molecular flexibility index (Phi) is 4.97. The largest absolute Gasteiger partial charge is 0.508 e. The topological polar surface area (TPSA) is 54.4 Å². The predicted octanol–water partition coefficient (Wildman–Crippen LogP) is 5.05. The number of hydrogen-bond acceptors (Lipinski definition) is 4. The number of anilines is 1. The van der Waals surface area contributed by atoms with Crippen molar-refractivity contribution in [3.63, 3.8) is 0 Å². The smallest absolute Gasteiger partial charge is 0.120 e. The second kappa shape index (κ2) is 7.16. The molecule has 3 aromatic rings. The van der Waals surface area contributed by atoms with Crippen LogP contribution in [0.25, 0.3) is 10.9 Å². The van der Waals surface area contributed by atoms with Gasteiger partial charge in [0.05, 0.1) is 15.6 Å². The predicted molar refractivity (Wildman–Crippen MR) is 98.6 cm³/mol. The van der Waals surface area contributed by atoms with E-state index in [9.17, 15) is 5.11 Å². The van der Waals surface area contributed by atoms with Crippen molar-refractivity contribution in [2.45, 2.75) is 6.92 Å². The minimum absolute atomic E-state index is 0.203. The SMILES string of the molecule is Cc1cc(NCCOc2ccc(Cl)c(Cl)c2)c2ccc(O)cc2n1. The number of pyridine rings is 1. The van der Waals surface area contributed by atoms with Gasteiger partial charge in [-0.15, -0.1) is 0 Å². The van der Waals surface area contributed by atoms with Gasteiger partial charge in [-0.25, -0.2) is 0 Å². The van der Waals surface area contributed by atoms with E-state index in [1.807, 2.05) is 19.1 Å². The summed E-state index contributed by atoms with van der Waals surface area (Å²) in [7, 11) is 0. The highest BCUT2D eigenvalue weighted by Gasteiger charge is 2.05. The number of nitrogens with zero attached hydrogens (tertiary/aromatic N) is 1. The first-order valence-corrected chi connectivity index (χ1v) is 8.20. The first kappa shape index (κ1) is 16.7. The summed E-state index contributed by atoms with van der Waals surface area (Å²) in [5.41, 5.74) is 2.58. The second-order valence-corrected chi connectivity index (χ2v) is 6.18. The zero-order valence-electron chi connectivity index (χ0n) is 13.0. The van der Waals surface area contributed by atoms with Gasteiger partial charge in [-0.2, -0.15) is 0 Å². The second-order valence-electron chi connectivity index (χ2n) is 5.36. The van der Waals surface area contributed by atoms with E-state index in [4.69, 9.17) is 27.9 Å². The Hall–Kier alpha value is -2.17. The molecule has 0 radical (unpaired) electrons. The van der Waals surface area contributed by atoms with Gasteiger partial charge in [-0.05, 0) is 37.3 Å². The number of phenols is 1. The molecule has 2 aromatic carbocycles. The summed E-state index contributed by atoms with van der Waals surface area (Å²) in [5, 5.41) is 14.9. The lowest BCUT2D eigenvalue weighted by atomic mass is 10.1. The molecular weight excluding hydrogens is 347 g/mol. The van der Waals surface area contributed by atoms with Crippen molar-refractivity contribution in [2.75, 3.05) is 18.5 Å². The van der Waals surface area contributed by atoms with Gasteiger partial charge in [-0.1, -0.05) is 23.2 Å². The van der Waals surface area contributed by atoms with E-state index >= 15 is 0 Å². The molecule has 0 aliphatic rings. The summed E-state index contributed by atoms with van der Waals surface area (Å²) >= 11 is 11.8. The molecule has 3 rings (SSSR count). The maximum atomic E-state index is 9.59. The Morgan fingerprint density at radius 3 is 2.71 bits per heavy atom. The molecule has 24 heavy (non-hydrogen) atoms. The quantitative estimate of drug-likeness (QED) is 0.623. The lowest BCUT2D eigenvalue weighted by Gasteiger charge is -2.12. The Morgan fingerprint density at radius 2 is 1.92 bits per heavy atom. The van der Waals surface area contributed by atoms with Crippen LogP contribution in [0.4, 0.5) is 5.69 Å². The standard InChI is InChI=1S/C18H16Cl2N2O2/c1-11-8-17(14-4-2-12(23)9-18(14)22-11)21-6-7-24-13-3-5-15(19)16(20)10-13/h2-5,8-10,23H,6-7H2,1H3,(H,21,22). The van der Waals surface area contributed by atoms with Gasteiger partial charge in [0.1, 0.15) is 18.1 Å². The van der Waals surface area contributed by atoms with Gasteiger partial charge in [-0.3, -0.25) is 4.98 Å². The number of phenolic OH excluding ortho intramolecular Hbond substituents is 1. The molecule has 4 nitrogen and oxygen atoms in total. The van der Waals surface area contributed by atoms with Gasteiger partial charge < -0.3 is 15.2 Å². The number of aromatic hydroxyl groups is 1. The van der Waals surface area contributed by atoms with E-state index in [2.05, 4.69) is 10.3 Å². The third-order valence-electron chi connectivity index (χ3n) is 3.50. The fourth-order valence-electron chi connectivity index (χ4n) is 2.42. The van der Waals surface area contributed by atoms with Crippen LogP contribution in [0.5, 0.6) is 11.5 Å². The molecule has 0 aliphatic carbocycles.